The Bertz CT molecular complexity index is 166. The van der Waals surface area contributed by atoms with Gasteiger partial charge in [-0.05, 0) is 33.1 Å². The SMILES string of the molecule is CCOCCCCNC(=O)CCC(C)N.Cl. The molecule has 98 valence electrons. The molecule has 0 aliphatic heterocycles. The van der Waals surface area contributed by atoms with E-state index in [1.807, 2.05) is 13.8 Å². The van der Waals surface area contributed by atoms with Crippen LogP contribution in [0.5, 0.6) is 0 Å². The van der Waals surface area contributed by atoms with Crippen molar-refractivity contribution in [3.63, 3.8) is 0 Å². The fourth-order valence-electron chi connectivity index (χ4n) is 1.15. The molecule has 0 aliphatic carbocycles. The summed E-state index contributed by atoms with van der Waals surface area (Å²) in [6.07, 6.45) is 3.26. The number of carbonyl (C=O) groups is 1. The molecule has 1 unspecified atom stereocenters. The summed E-state index contributed by atoms with van der Waals surface area (Å²) in [5.74, 6) is 0.101. The highest BCUT2D eigenvalue weighted by atomic mass is 35.5. The fourth-order valence-corrected chi connectivity index (χ4v) is 1.15. The lowest BCUT2D eigenvalue weighted by molar-refractivity contribution is -0.121. The first-order valence-corrected chi connectivity index (χ1v) is 5.76. The van der Waals surface area contributed by atoms with Crippen LogP contribution >= 0.6 is 12.4 Å². The van der Waals surface area contributed by atoms with Crippen LogP contribution in [0.2, 0.25) is 0 Å². The van der Waals surface area contributed by atoms with Crippen LogP contribution < -0.4 is 11.1 Å². The Hall–Kier alpha value is -0.320. The van der Waals surface area contributed by atoms with Gasteiger partial charge in [0.2, 0.25) is 5.91 Å². The number of halogens is 1. The van der Waals surface area contributed by atoms with Gasteiger partial charge in [0.25, 0.3) is 0 Å². The van der Waals surface area contributed by atoms with Gasteiger partial charge in [0.1, 0.15) is 0 Å². The van der Waals surface area contributed by atoms with E-state index in [1.54, 1.807) is 0 Å². The summed E-state index contributed by atoms with van der Waals surface area (Å²) in [5, 5.41) is 2.86. The smallest absolute Gasteiger partial charge is 0.220 e. The standard InChI is InChI=1S/C11H24N2O2.ClH/c1-3-15-9-5-4-8-13-11(14)7-6-10(2)12;/h10H,3-9,12H2,1-2H3,(H,13,14);1H. The summed E-state index contributed by atoms with van der Waals surface area (Å²) in [4.78, 5) is 11.2. The van der Waals surface area contributed by atoms with Crippen molar-refractivity contribution in [3.05, 3.63) is 0 Å². The maximum absolute atomic E-state index is 11.2. The van der Waals surface area contributed by atoms with Gasteiger partial charge in [-0.15, -0.1) is 12.4 Å². The molecule has 16 heavy (non-hydrogen) atoms. The van der Waals surface area contributed by atoms with Crippen LogP contribution in [0.15, 0.2) is 0 Å². The molecule has 0 aromatic carbocycles. The van der Waals surface area contributed by atoms with Gasteiger partial charge in [-0.2, -0.15) is 0 Å². The molecule has 0 rings (SSSR count). The Morgan fingerprint density at radius 1 is 1.44 bits per heavy atom. The lowest BCUT2D eigenvalue weighted by Gasteiger charge is -2.06. The monoisotopic (exact) mass is 252 g/mol. The number of ether oxygens (including phenoxy) is 1. The Kier molecular flexibility index (Phi) is 14.4. The molecule has 0 aliphatic rings. The molecular formula is C11H25ClN2O2. The molecule has 5 heteroatoms. The Morgan fingerprint density at radius 2 is 2.12 bits per heavy atom. The molecule has 1 amide bonds. The topological polar surface area (TPSA) is 64.3 Å². The van der Waals surface area contributed by atoms with E-state index in [9.17, 15) is 4.79 Å². The number of hydrogen-bond donors (Lipinski definition) is 2. The molecule has 0 aromatic rings. The first kappa shape index (κ1) is 18.1. The first-order chi connectivity index (χ1) is 7.16. The van der Waals surface area contributed by atoms with E-state index in [0.29, 0.717) is 6.42 Å². The summed E-state index contributed by atoms with van der Waals surface area (Å²) in [6, 6.07) is 0.105. The number of unbranched alkanes of at least 4 members (excludes halogenated alkanes) is 1. The van der Waals surface area contributed by atoms with Crippen LogP contribution in [-0.4, -0.2) is 31.7 Å². The molecule has 0 heterocycles. The zero-order valence-electron chi connectivity index (χ0n) is 10.3. The van der Waals surface area contributed by atoms with Gasteiger partial charge in [-0.1, -0.05) is 0 Å². The van der Waals surface area contributed by atoms with Crippen molar-refractivity contribution < 1.29 is 9.53 Å². The molecule has 0 spiro atoms. The van der Waals surface area contributed by atoms with Crippen molar-refractivity contribution in [2.75, 3.05) is 19.8 Å². The van der Waals surface area contributed by atoms with E-state index in [1.165, 1.54) is 0 Å². The molecule has 0 radical (unpaired) electrons. The second-order valence-electron chi connectivity index (χ2n) is 3.77. The normalized spacial score (nSPS) is 11.7. The van der Waals surface area contributed by atoms with Crippen molar-refractivity contribution in [3.8, 4) is 0 Å². The van der Waals surface area contributed by atoms with E-state index >= 15 is 0 Å². The number of carbonyl (C=O) groups excluding carboxylic acids is 1. The zero-order valence-corrected chi connectivity index (χ0v) is 11.1. The van der Waals surface area contributed by atoms with Gasteiger partial charge in [0.05, 0.1) is 0 Å². The second kappa shape index (κ2) is 12.7. The van der Waals surface area contributed by atoms with Gasteiger partial charge >= 0.3 is 0 Å². The molecular weight excluding hydrogens is 228 g/mol. The van der Waals surface area contributed by atoms with Crippen LogP contribution in [0.4, 0.5) is 0 Å². The zero-order chi connectivity index (χ0) is 11.5. The molecule has 0 bridgehead atoms. The predicted octanol–water partition coefficient (Wildman–Crippen LogP) is 1.47. The Morgan fingerprint density at radius 3 is 2.69 bits per heavy atom. The van der Waals surface area contributed by atoms with Crippen LogP contribution in [0.1, 0.15) is 39.5 Å². The van der Waals surface area contributed by atoms with Crippen molar-refractivity contribution in [1.29, 1.82) is 0 Å². The number of hydrogen-bond acceptors (Lipinski definition) is 3. The molecule has 3 N–H and O–H groups in total. The number of nitrogens with one attached hydrogen (secondary N) is 1. The van der Waals surface area contributed by atoms with E-state index < -0.39 is 0 Å². The van der Waals surface area contributed by atoms with Gasteiger partial charge in [-0.25, -0.2) is 0 Å². The lowest BCUT2D eigenvalue weighted by Crippen LogP contribution is -2.26. The minimum absolute atomic E-state index is 0. The Labute approximate surface area is 105 Å². The summed E-state index contributed by atoms with van der Waals surface area (Å²) in [7, 11) is 0. The van der Waals surface area contributed by atoms with Crippen molar-refractivity contribution >= 4 is 18.3 Å². The second-order valence-corrected chi connectivity index (χ2v) is 3.77. The average Bonchev–Trinajstić information content (AvgIpc) is 2.20. The third kappa shape index (κ3) is 13.7. The number of amides is 1. The molecule has 1 atom stereocenters. The summed E-state index contributed by atoms with van der Waals surface area (Å²) in [6.45, 7) is 6.18. The van der Waals surface area contributed by atoms with Gasteiger partial charge in [0.15, 0.2) is 0 Å². The van der Waals surface area contributed by atoms with Crippen LogP contribution in [0, 0.1) is 0 Å². The van der Waals surface area contributed by atoms with Crippen LogP contribution in [0.25, 0.3) is 0 Å². The third-order valence-electron chi connectivity index (χ3n) is 2.07. The van der Waals surface area contributed by atoms with Gasteiger partial charge < -0.3 is 15.8 Å². The van der Waals surface area contributed by atoms with E-state index in [-0.39, 0.29) is 24.4 Å². The van der Waals surface area contributed by atoms with E-state index in [2.05, 4.69) is 5.32 Å². The number of nitrogens with two attached hydrogens (primary N) is 1. The molecule has 4 nitrogen and oxygen atoms in total. The van der Waals surface area contributed by atoms with E-state index in [0.717, 1.165) is 39.0 Å². The molecule has 0 aromatic heterocycles. The van der Waals surface area contributed by atoms with Crippen molar-refractivity contribution in [2.24, 2.45) is 5.73 Å². The highest BCUT2D eigenvalue weighted by molar-refractivity contribution is 5.85. The summed E-state index contributed by atoms with van der Waals surface area (Å²) in [5.41, 5.74) is 5.55. The summed E-state index contributed by atoms with van der Waals surface area (Å²) >= 11 is 0. The quantitative estimate of drug-likeness (QED) is 0.611. The minimum Gasteiger partial charge on any atom is -0.382 e. The number of rotatable bonds is 9. The highest BCUT2D eigenvalue weighted by Crippen LogP contribution is 1.94. The molecule has 0 saturated carbocycles. The molecule has 0 saturated heterocycles. The maximum atomic E-state index is 11.2. The molecule has 0 fully saturated rings. The van der Waals surface area contributed by atoms with E-state index in [4.69, 9.17) is 10.5 Å². The van der Waals surface area contributed by atoms with Crippen LogP contribution in [0.3, 0.4) is 0 Å². The summed E-state index contributed by atoms with van der Waals surface area (Å²) < 4.78 is 5.19. The van der Waals surface area contributed by atoms with Crippen LogP contribution in [-0.2, 0) is 9.53 Å². The van der Waals surface area contributed by atoms with Gasteiger partial charge in [0, 0.05) is 32.2 Å². The first-order valence-electron chi connectivity index (χ1n) is 5.76. The predicted molar refractivity (Wildman–Crippen MR) is 68.9 cm³/mol. The van der Waals surface area contributed by atoms with Crippen molar-refractivity contribution in [2.45, 2.75) is 45.6 Å². The lowest BCUT2D eigenvalue weighted by atomic mass is 10.2. The third-order valence-corrected chi connectivity index (χ3v) is 2.07. The fraction of sp³-hybridized carbons (Fsp3) is 0.909. The average molecular weight is 253 g/mol. The minimum atomic E-state index is 0. The van der Waals surface area contributed by atoms with Crippen molar-refractivity contribution in [1.82, 2.24) is 5.32 Å². The largest absolute Gasteiger partial charge is 0.382 e. The van der Waals surface area contributed by atoms with Gasteiger partial charge in [-0.3, -0.25) is 4.79 Å². The Balaban J connectivity index is 0. The highest BCUT2D eigenvalue weighted by Gasteiger charge is 2.02. The maximum Gasteiger partial charge on any atom is 0.220 e.